The molecule has 0 saturated carbocycles. The van der Waals surface area contributed by atoms with Gasteiger partial charge in [-0.3, -0.25) is 14.5 Å². The number of benzene rings is 1. The molecule has 1 aromatic carbocycles. The average Bonchev–Trinajstić information content (AvgIpc) is 3.24. The summed E-state index contributed by atoms with van der Waals surface area (Å²) in [6, 6.07) is 7.81. The lowest BCUT2D eigenvalue weighted by Crippen LogP contribution is -2.47. The van der Waals surface area contributed by atoms with Crippen molar-refractivity contribution < 1.29 is 19.1 Å². The van der Waals surface area contributed by atoms with Gasteiger partial charge in [0.25, 0.3) is 11.8 Å². The molecule has 2 amide bonds. The lowest BCUT2D eigenvalue weighted by atomic mass is 10.0. The highest BCUT2D eigenvalue weighted by atomic mass is 16.5. The highest BCUT2D eigenvalue weighted by molar-refractivity contribution is 6.35. The number of amides is 2. The van der Waals surface area contributed by atoms with Crippen LogP contribution in [0.4, 0.5) is 0 Å². The lowest BCUT2D eigenvalue weighted by molar-refractivity contribution is -0.140. The van der Waals surface area contributed by atoms with Crippen molar-refractivity contribution in [2.24, 2.45) is 0 Å². The van der Waals surface area contributed by atoms with Gasteiger partial charge < -0.3 is 14.4 Å². The Morgan fingerprint density at radius 1 is 1.04 bits per heavy atom. The Morgan fingerprint density at radius 2 is 1.71 bits per heavy atom. The highest BCUT2D eigenvalue weighted by Gasteiger charge is 2.44. The molecule has 28 heavy (non-hydrogen) atoms. The predicted octanol–water partition coefficient (Wildman–Crippen LogP) is 2.36. The molecular formula is C22H28N2O4. The minimum Gasteiger partial charge on any atom is -0.376 e. The molecule has 150 valence electrons. The molecular weight excluding hydrogens is 356 g/mol. The number of hydrogen-bond acceptors (Lipinski definition) is 5. The van der Waals surface area contributed by atoms with Crippen LogP contribution in [0, 0.1) is 6.92 Å². The van der Waals surface area contributed by atoms with Crippen molar-refractivity contribution in [1.29, 1.82) is 0 Å². The van der Waals surface area contributed by atoms with E-state index in [2.05, 4.69) is 0 Å². The van der Waals surface area contributed by atoms with E-state index < -0.39 is 0 Å². The summed E-state index contributed by atoms with van der Waals surface area (Å²) < 4.78 is 11.5. The largest absolute Gasteiger partial charge is 0.376 e. The van der Waals surface area contributed by atoms with Crippen LogP contribution in [0.5, 0.6) is 0 Å². The molecule has 2 fully saturated rings. The first-order valence-electron chi connectivity index (χ1n) is 10.1. The Kier molecular flexibility index (Phi) is 5.25. The standard InChI is InChI=1S/C22H28N2O4/c1-14-6-8-17(9-7-14)19-20(23-11-15(2)28-16(3)12-23)22(26)24(21(19)25)13-18-5-4-10-27-18/h6-9,15-16,18H,4-5,10-13H2,1-3H3. The Hall–Kier alpha value is -2.18. The van der Waals surface area contributed by atoms with E-state index in [-0.39, 0.29) is 30.1 Å². The zero-order valence-electron chi connectivity index (χ0n) is 16.8. The van der Waals surface area contributed by atoms with E-state index in [4.69, 9.17) is 9.47 Å². The zero-order valence-corrected chi connectivity index (χ0v) is 16.8. The lowest BCUT2D eigenvalue weighted by Gasteiger charge is -2.37. The molecule has 0 aromatic heterocycles. The third kappa shape index (κ3) is 3.59. The average molecular weight is 384 g/mol. The van der Waals surface area contributed by atoms with Crippen LogP contribution in [0.2, 0.25) is 0 Å². The van der Waals surface area contributed by atoms with E-state index in [9.17, 15) is 9.59 Å². The SMILES string of the molecule is Cc1ccc(C2=C(N3CC(C)OC(C)C3)C(=O)N(CC3CCCO3)C2=O)cc1. The molecule has 2 saturated heterocycles. The molecule has 4 rings (SSSR count). The van der Waals surface area contributed by atoms with Crippen molar-refractivity contribution >= 4 is 17.4 Å². The Bertz CT molecular complexity index is 785. The Balaban J connectivity index is 1.72. The summed E-state index contributed by atoms with van der Waals surface area (Å²) in [5.41, 5.74) is 2.92. The molecule has 1 aromatic rings. The highest BCUT2D eigenvalue weighted by Crippen LogP contribution is 2.34. The number of hydrogen-bond donors (Lipinski definition) is 0. The fraction of sp³-hybridized carbons (Fsp3) is 0.545. The maximum absolute atomic E-state index is 13.4. The summed E-state index contributed by atoms with van der Waals surface area (Å²) in [4.78, 5) is 30.1. The molecule has 3 aliphatic heterocycles. The molecule has 3 atom stereocenters. The van der Waals surface area contributed by atoms with Crippen molar-refractivity contribution in [3.8, 4) is 0 Å². The normalized spacial score (nSPS) is 28.6. The summed E-state index contributed by atoms with van der Waals surface area (Å²) >= 11 is 0. The van der Waals surface area contributed by atoms with Gasteiger partial charge in [-0.1, -0.05) is 29.8 Å². The van der Waals surface area contributed by atoms with Crippen LogP contribution in [0.15, 0.2) is 30.0 Å². The second-order valence-corrected chi connectivity index (χ2v) is 8.11. The smallest absolute Gasteiger partial charge is 0.277 e. The predicted molar refractivity (Wildman–Crippen MR) is 105 cm³/mol. The first-order valence-corrected chi connectivity index (χ1v) is 10.1. The van der Waals surface area contributed by atoms with E-state index in [0.29, 0.717) is 37.5 Å². The van der Waals surface area contributed by atoms with Crippen LogP contribution < -0.4 is 0 Å². The van der Waals surface area contributed by atoms with Gasteiger partial charge in [0.05, 0.1) is 30.4 Å². The quantitative estimate of drug-likeness (QED) is 0.746. The summed E-state index contributed by atoms with van der Waals surface area (Å²) in [6.45, 7) is 8.23. The minimum absolute atomic E-state index is 0.00522. The van der Waals surface area contributed by atoms with E-state index in [1.54, 1.807) is 0 Å². The number of nitrogens with zero attached hydrogens (tertiary/aromatic N) is 2. The van der Waals surface area contributed by atoms with Gasteiger partial charge in [0, 0.05) is 19.7 Å². The van der Waals surface area contributed by atoms with Crippen molar-refractivity contribution in [1.82, 2.24) is 9.80 Å². The number of rotatable bonds is 4. The van der Waals surface area contributed by atoms with Crippen LogP contribution >= 0.6 is 0 Å². The number of aryl methyl sites for hydroxylation is 1. The van der Waals surface area contributed by atoms with Crippen molar-refractivity contribution in [3.63, 3.8) is 0 Å². The second kappa shape index (κ2) is 7.68. The van der Waals surface area contributed by atoms with Gasteiger partial charge in [0.1, 0.15) is 5.70 Å². The first-order chi connectivity index (χ1) is 13.4. The third-order valence-corrected chi connectivity index (χ3v) is 5.63. The Morgan fingerprint density at radius 3 is 2.32 bits per heavy atom. The van der Waals surface area contributed by atoms with Crippen LogP contribution in [-0.4, -0.2) is 66.2 Å². The molecule has 0 spiro atoms. The fourth-order valence-corrected chi connectivity index (χ4v) is 4.36. The summed E-state index contributed by atoms with van der Waals surface area (Å²) in [7, 11) is 0. The molecule has 0 bridgehead atoms. The van der Waals surface area contributed by atoms with E-state index in [1.165, 1.54) is 4.90 Å². The Labute approximate surface area is 166 Å². The van der Waals surface area contributed by atoms with Crippen LogP contribution in [-0.2, 0) is 19.1 Å². The van der Waals surface area contributed by atoms with Gasteiger partial charge in [-0.05, 0) is 39.2 Å². The molecule has 3 aliphatic rings. The van der Waals surface area contributed by atoms with Gasteiger partial charge in [0.15, 0.2) is 0 Å². The second-order valence-electron chi connectivity index (χ2n) is 8.11. The molecule has 3 unspecified atom stereocenters. The molecule has 6 nitrogen and oxygen atoms in total. The summed E-state index contributed by atoms with van der Waals surface area (Å²) in [5, 5.41) is 0. The van der Waals surface area contributed by atoms with E-state index >= 15 is 0 Å². The summed E-state index contributed by atoms with van der Waals surface area (Å²) in [5.74, 6) is -0.427. The van der Waals surface area contributed by atoms with Gasteiger partial charge in [0.2, 0.25) is 0 Å². The molecule has 0 aliphatic carbocycles. The maximum Gasteiger partial charge on any atom is 0.277 e. The van der Waals surface area contributed by atoms with Crippen LogP contribution in [0.1, 0.15) is 37.8 Å². The zero-order chi connectivity index (χ0) is 19.8. The minimum atomic E-state index is -0.217. The number of carbonyl (C=O) groups is 2. The monoisotopic (exact) mass is 384 g/mol. The van der Waals surface area contributed by atoms with Gasteiger partial charge in [-0.25, -0.2) is 0 Å². The third-order valence-electron chi connectivity index (χ3n) is 5.63. The van der Waals surface area contributed by atoms with Gasteiger partial charge in [-0.15, -0.1) is 0 Å². The van der Waals surface area contributed by atoms with Crippen molar-refractivity contribution in [3.05, 3.63) is 41.1 Å². The van der Waals surface area contributed by atoms with Crippen LogP contribution in [0.25, 0.3) is 5.57 Å². The maximum atomic E-state index is 13.4. The number of ether oxygens (including phenoxy) is 2. The number of carbonyl (C=O) groups excluding carboxylic acids is 2. The van der Waals surface area contributed by atoms with Gasteiger partial charge >= 0.3 is 0 Å². The van der Waals surface area contributed by atoms with E-state index in [1.807, 2.05) is 49.9 Å². The summed E-state index contributed by atoms with van der Waals surface area (Å²) in [6.07, 6.45) is 1.81. The molecule has 0 radical (unpaired) electrons. The van der Waals surface area contributed by atoms with E-state index in [0.717, 1.165) is 24.0 Å². The number of imide groups is 1. The molecule has 0 N–H and O–H groups in total. The topological polar surface area (TPSA) is 59.1 Å². The molecule has 6 heteroatoms. The van der Waals surface area contributed by atoms with Crippen molar-refractivity contribution in [2.75, 3.05) is 26.2 Å². The van der Waals surface area contributed by atoms with Crippen LogP contribution in [0.3, 0.4) is 0 Å². The fourth-order valence-electron chi connectivity index (χ4n) is 4.36. The van der Waals surface area contributed by atoms with Gasteiger partial charge in [-0.2, -0.15) is 0 Å². The van der Waals surface area contributed by atoms with Crippen molar-refractivity contribution in [2.45, 2.75) is 51.9 Å². The number of morpholine rings is 1. The molecule has 3 heterocycles. The first kappa shape index (κ1) is 19.2.